The SMILES string of the molecule is Cc1nn(-c2ccccc2F)c(C)c1C1COCCN1CCO. The van der Waals surface area contributed by atoms with Gasteiger partial charge < -0.3 is 9.84 Å². The first kappa shape index (κ1) is 16.1. The van der Waals surface area contributed by atoms with Crippen molar-refractivity contribution < 1.29 is 14.2 Å². The van der Waals surface area contributed by atoms with E-state index in [4.69, 9.17) is 4.74 Å². The lowest BCUT2D eigenvalue weighted by Gasteiger charge is -2.35. The number of aliphatic hydroxyl groups excluding tert-OH is 1. The molecule has 1 aliphatic heterocycles. The molecule has 2 aromatic rings. The van der Waals surface area contributed by atoms with Gasteiger partial charge in [0.1, 0.15) is 11.5 Å². The molecule has 1 fully saturated rings. The van der Waals surface area contributed by atoms with E-state index in [0.717, 1.165) is 23.5 Å². The predicted octanol–water partition coefficient (Wildman–Crippen LogP) is 1.99. The van der Waals surface area contributed by atoms with Crippen molar-refractivity contribution in [2.45, 2.75) is 19.9 Å². The molecule has 6 heteroatoms. The van der Waals surface area contributed by atoms with E-state index in [0.29, 0.717) is 25.4 Å². The maximum absolute atomic E-state index is 14.1. The van der Waals surface area contributed by atoms with Gasteiger partial charge in [-0.15, -0.1) is 0 Å². The molecule has 2 heterocycles. The normalized spacial score (nSPS) is 19.2. The van der Waals surface area contributed by atoms with Gasteiger partial charge in [-0.05, 0) is 26.0 Å². The fourth-order valence-corrected chi connectivity index (χ4v) is 3.30. The van der Waals surface area contributed by atoms with Crippen molar-refractivity contribution in [2.24, 2.45) is 0 Å². The average molecular weight is 319 g/mol. The summed E-state index contributed by atoms with van der Waals surface area (Å²) >= 11 is 0. The molecule has 0 radical (unpaired) electrons. The molecule has 3 rings (SSSR count). The number of aromatic nitrogens is 2. The van der Waals surface area contributed by atoms with Crippen LogP contribution in [0.1, 0.15) is 23.0 Å². The van der Waals surface area contributed by atoms with Crippen LogP contribution in [0.3, 0.4) is 0 Å². The second-order valence-electron chi connectivity index (χ2n) is 5.80. The van der Waals surface area contributed by atoms with Crippen LogP contribution in [0.2, 0.25) is 0 Å². The molecule has 0 bridgehead atoms. The highest BCUT2D eigenvalue weighted by atomic mass is 19.1. The van der Waals surface area contributed by atoms with E-state index < -0.39 is 0 Å². The first-order valence-corrected chi connectivity index (χ1v) is 7.87. The summed E-state index contributed by atoms with van der Waals surface area (Å²) in [7, 11) is 0. The summed E-state index contributed by atoms with van der Waals surface area (Å²) < 4.78 is 21.4. The quantitative estimate of drug-likeness (QED) is 0.936. The summed E-state index contributed by atoms with van der Waals surface area (Å²) in [6, 6.07) is 6.67. The Morgan fingerprint density at radius 1 is 1.35 bits per heavy atom. The molecular weight excluding hydrogens is 297 g/mol. The number of hydrogen-bond donors (Lipinski definition) is 1. The lowest BCUT2D eigenvalue weighted by Crippen LogP contribution is -2.41. The molecule has 0 saturated carbocycles. The van der Waals surface area contributed by atoms with Crippen LogP contribution in [0, 0.1) is 19.7 Å². The molecule has 0 spiro atoms. The van der Waals surface area contributed by atoms with Crippen LogP contribution in [-0.2, 0) is 4.74 Å². The minimum atomic E-state index is -0.295. The van der Waals surface area contributed by atoms with Crippen molar-refractivity contribution in [1.82, 2.24) is 14.7 Å². The van der Waals surface area contributed by atoms with E-state index in [1.165, 1.54) is 6.07 Å². The molecule has 0 aliphatic carbocycles. The average Bonchev–Trinajstić information content (AvgIpc) is 2.84. The highest BCUT2D eigenvalue weighted by Crippen LogP contribution is 2.30. The van der Waals surface area contributed by atoms with Crippen LogP contribution in [0.15, 0.2) is 24.3 Å². The standard InChI is InChI=1S/C17H22FN3O2/c1-12-17(16-11-23-10-8-20(16)7-9-22)13(2)21(19-12)15-6-4-3-5-14(15)18/h3-6,16,22H,7-11H2,1-2H3. The number of ether oxygens (including phenoxy) is 1. The van der Waals surface area contributed by atoms with E-state index in [1.54, 1.807) is 22.9 Å². The number of rotatable bonds is 4. The van der Waals surface area contributed by atoms with Gasteiger partial charge in [0.25, 0.3) is 0 Å². The Morgan fingerprint density at radius 2 is 2.13 bits per heavy atom. The van der Waals surface area contributed by atoms with E-state index in [-0.39, 0.29) is 18.5 Å². The third-order valence-corrected chi connectivity index (χ3v) is 4.39. The zero-order valence-electron chi connectivity index (χ0n) is 13.5. The van der Waals surface area contributed by atoms with Crippen LogP contribution < -0.4 is 0 Å². The third-order valence-electron chi connectivity index (χ3n) is 4.39. The Hall–Kier alpha value is -1.76. The Bertz CT molecular complexity index is 684. The van der Waals surface area contributed by atoms with Crippen LogP contribution in [0.4, 0.5) is 4.39 Å². The fourth-order valence-electron chi connectivity index (χ4n) is 3.30. The Labute approximate surface area is 135 Å². The van der Waals surface area contributed by atoms with Gasteiger partial charge in [0.2, 0.25) is 0 Å². The first-order chi connectivity index (χ1) is 11.1. The molecule has 1 N–H and O–H groups in total. The maximum Gasteiger partial charge on any atom is 0.148 e. The molecule has 23 heavy (non-hydrogen) atoms. The number of hydrogen-bond acceptors (Lipinski definition) is 4. The van der Waals surface area contributed by atoms with E-state index in [2.05, 4.69) is 10.00 Å². The zero-order chi connectivity index (χ0) is 16.4. The van der Waals surface area contributed by atoms with Crippen molar-refractivity contribution in [3.63, 3.8) is 0 Å². The van der Waals surface area contributed by atoms with Crippen LogP contribution >= 0.6 is 0 Å². The van der Waals surface area contributed by atoms with Crippen molar-refractivity contribution in [2.75, 3.05) is 32.9 Å². The highest BCUT2D eigenvalue weighted by molar-refractivity contribution is 5.39. The smallest absolute Gasteiger partial charge is 0.148 e. The summed E-state index contributed by atoms with van der Waals surface area (Å²) in [4.78, 5) is 2.20. The minimum absolute atomic E-state index is 0.0384. The highest BCUT2D eigenvalue weighted by Gasteiger charge is 2.29. The van der Waals surface area contributed by atoms with Gasteiger partial charge in [-0.1, -0.05) is 12.1 Å². The number of aliphatic hydroxyl groups is 1. The number of β-amino-alcohol motifs (C(OH)–C–C–N with tert-alkyl or cyclic N) is 1. The minimum Gasteiger partial charge on any atom is -0.395 e. The Morgan fingerprint density at radius 3 is 2.87 bits per heavy atom. The molecule has 1 aliphatic rings. The molecule has 5 nitrogen and oxygen atoms in total. The van der Waals surface area contributed by atoms with Crippen molar-refractivity contribution in [3.05, 3.63) is 47.0 Å². The van der Waals surface area contributed by atoms with Gasteiger partial charge in [-0.25, -0.2) is 9.07 Å². The van der Waals surface area contributed by atoms with Crippen molar-refractivity contribution in [3.8, 4) is 5.69 Å². The fraction of sp³-hybridized carbons (Fsp3) is 0.471. The molecule has 1 aromatic carbocycles. The Kier molecular flexibility index (Phi) is 4.75. The molecule has 0 amide bonds. The zero-order valence-corrected chi connectivity index (χ0v) is 13.5. The lowest BCUT2D eigenvalue weighted by atomic mass is 10.0. The predicted molar refractivity (Wildman–Crippen MR) is 85.2 cm³/mol. The van der Waals surface area contributed by atoms with Gasteiger partial charge in [0, 0.05) is 24.3 Å². The van der Waals surface area contributed by atoms with Gasteiger partial charge in [-0.3, -0.25) is 4.90 Å². The summed E-state index contributed by atoms with van der Waals surface area (Å²) in [6.07, 6.45) is 0. The Balaban J connectivity index is 2.02. The van der Waals surface area contributed by atoms with Gasteiger partial charge in [0.15, 0.2) is 0 Å². The largest absolute Gasteiger partial charge is 0.395 e. The molecule has 1 saturated heterocycles. The first-order valence-electron chi connectivity index (χ1n) is 7.87. The molecule has 1 aromatic heterocycles. The summed E-state index contributed by atoms with van der Waals surface area (Å²) in [5, 5.41) is 13.8. The van der Waals surface area contributed by atoms with Gasteiger partial charge >= 0.3 is 0 Å². The second kappa shape index (κ2) is 6.78. The summed E-state index contributed by atoms with van der Waals surface area (Å²) in [5.41, 5.74) is 3.28. The molecule has 1 atom stereocenters. The lowest BCUT2D eigenvalue weighted by molar-refractivity contribution is -0.0150. The topological polar surface area (TPSA) is 50.5 Å². The molecular formula is C17H22FN3O2. The maximum atomic E-state index is 14.1. The van der Waals surface area contributed by atoms with Crippen LogP contribution in [-0.4, -0.2) is 52.7 Å². The second-order valence-corrected chi connectivity index (χ2v) is 5.80. The summed E-state index contributed by atoms with van der Waals surface area (Å²) in [5.74, 6) is -0.295. The number of para-hydroxylation sites is 1. The summed E-state index contributed by atoms with van der Waals surface area (Å²) in [6.45, 7) is 6.59. The number of nitrogens with zero attached hydrogens (tertiary/aromatic N) is 3. The number of benzene rings is 1. The van der Waals surface area contributed by atoms with Crippen molar-refractivity contribution >= 4 is 0 Å². The van der Waals surface area contributed by atoms with E-state index >= 15 is 0 Å². The van der Waals surface area contributed by atoms with Gasteiger partial charge in [0.05, 0.1) is 31.6 Å². The number of morpholine rings is 1. The van der Waals surface area contributed by atoms with E-state index in [1.807, 2.05) is 13.8 Å². The number of halogens is 1. The molecule has 124 valence electrons. The third kappa shape index (κ3) is 3.02. The van der Waals surface area contributed by atoms with Crippen LogP contribution in [0.25, 0.3) is 5.69 Å². The van der Waals surface area contributed by atoms with Crippen LogP contribution in [0.5, 0.6) is 0 Å². The number of aryl methyl sites for hydroxylation is 1. The van der Waals surface area contributed by atoms with Gasteiger partial charge in [-0.2, -0.15) is 5.10 Å². The van der Waals surface area contributed by atoms with E-state index in [9.17, 15) is 9.50 Å². The monoisotopic (exact) mass is 319 g/mol. The van der Waals surface area contributed by atoms with Crippen molar-refractivity contribution in [1.29, 1.82) is 0 Å². The molecule has 1 unspecified atom stereocenters.